The summed E-state index contributed by atoms with van der Waals surface area (Å²) in [5.74, 6) is 0. The molecule has 0 saturated carbocycles. The average Bonchev–Trinajstić information content (AvgIpc) is 2.53. The van der Waals surface area contributed by atoms with Crippen LogP contribution in [0.25, 0.3) is 0 Å². The van der Waals surface area contributed by atoms with Gasteiger partial charge >= 0.3 is 0 Å². The molecule has 1 aromatic rings. The largest absolute Gasteiger partial charge is 0.393 e. The van der Waals surface area contributed by atoms with Crippen LogP contribution in [0.4, 0.5) is 5.69 Å². The topological polar surface area (TPSA) is 78.6 Å². The summed E-state index contributed by atoms with van der Waals surface area (Å²) in [4.78, 5) is 12.6. The smallest absolute Gasteiger partial charge is 0.269 e. The number of likely N-dealkylation sites (tertiary alicyclic amines) is 1. The van der Waals surface area contributed by atoms with Crippen molar-refractivity contribution in [1.29, 1.82) is 0 Å². The van der Waals surface area contributed by atoms with Gasteiger partial charge in [0.15, 0.2) is 0 Å². The zero-order valence-electron chi connectivity index (χ0n) is 13.1. The third-order valence-corrected chi connectivity index (χ3v) is 4.26. The second kappa shape index (κ2) is 8.22. The molecular formula is C16H25N3O3. The summed E-state index contributed by atoms with van der Waals surface area (Å²) in [6.07, 6.45) is 2.71. The Labute approximate surface area is 131 Å². The molecule has 1 atom stereocenters. The highest BCUT2D eigenvalue weighted by Gasteiger charge is 2.16. The van der Waals surface area contributed by atoms with Gasteiger partial charge in [-0.1, -0.05) is 12.1 Å². The maximum Gasteiger partial charge on any atom is 0.269 e. The fraction of sp³-hybridized carbons (Fsp3) is 0.625. The molecule has 22 heavy (non-hydrogen) atoms. The van der Waals surface area contributed by atoms with Crippen LogP contribution in [-0.4, -0.2) is 47.2 Å². The molecular weight excluding hydrogens is 282 g/mol. The molecule has 2 N–H and O–H groups in total. The van der Waals surface area contributed by atoms with Crippen LogP contribution in [0, 0.1) is 10.1 Å². The summed E-state index contributed by atoms with van der Waals surface area (Å²) in [6.45, 7) is 6.00. The fourth-order valence-corrected chi connectivity index (χ4v) is 2.77. The molecule has 0 aliphatic carbocycles. The monoisotopic (exact) mass is 307 g/mol. The predicted octanol–water partition coefficient (Wildman–Crippen LogP) is 2.09. The summed E-state index contributed by atoms with van der Waals surface area (Å²) < 4.78 is 0. The van der Waals surface area contributed by atoms with E-state index in [0.717, 1.165) is 51.0 Å². The van der Waals surface area contributed by atoms with Crippen LogP contribution < -0.4 is 5.32 Å². The van der Waals surface area contributed by atoms with E-state index >= 15 is 0 Å². The van der Waals surface area contributed by atoms with Crippen LogP contribution in [0.5, 0.6) is 0 Å². The third kappa shape index (κ3) is 5.05. The van der Waals surface area contributed by atoms with Gasteiger partial charge in [-0.05, 0) is 44.8 Å². The number of nitro groups is 1. The van der Waals surface area contributed by atoms with Crippen LogP contribution in [0.1, 0.15) is 37.8 Å². The number of aliphatic hydroxyl groups is 1. The van der Waals surface area contributed by atoms with Gasteiger partial charge in [-0.15, -0.1) is 0 Å². The lowest BCUT2D eigenvalue weighted by atomic mass is 10.1. The normalized spacial score (nSPS) is 18.3. The maximum atomic E-state index is 10.6. The van der Waals surface area contributed by atoms with Crippen molar-refractivity contribution in [1.82, 2.24) is 10.2 Å². The molecule has 0 spiro atoms. The molecule has 1 aliphatic heterocycles. The van der Waals surface area contributed by atoms with Crippen molar-refractivity contribution in [2.24, 2.45) is 0 Å². The molecule has 1 unspecified atom stereocenters. The maximum absolute atomic E-state index is 10.6. The molecule has 1 fully saturated rings. The Morgan fingerprint density at radius 3 is 2.59 bits per heavy atom. The second-order valence-corrected chi connectivity index (χ2v) is 5.95. The minimum absolute atomic E-state index is 0.114. The van der Waals surface area contributed by atoms with Gasteiger partial charge in [0.1, 0.15) is 0 Å². The van der Waals surface area contributed by atoms with E-state index in [1.165, 1.54) is 0 Å². The van der Waals surface area contributed by atoms with E-state index in [2.05, 4.69) is 17.1 Å². The van der Waals surface area contributed by atoms with Crippen LogP contribution in [0.3, 0.4) is 0 Å². The van der Waals surface area contributed by atoms with Crippen LogP contribution >= 0.6 is 0 Å². The minimum atomic E-state index is -0.378. The van der Waals surface area contributed by atoms with E-state index in [1.807, 2.05) is 12.1 Å². The number of hydrogen-bond acceptors (Lipinski definition) is 5. The van der Waals surface area contributed by atoms with Crippen molar-refractivity contribution in [3.8, 4) is 0 Å². The molecule has 0 bridgehead atoms. The molecule has 0 radical (unpaired) electrons. The van der Waals surface area contributed by atoms with Crippen LogP contribution in [-0.2, 0) is 0 Å². The second-order valence-electron chi connectivity index (χ2n) is 5.95. The molecule has 0 aromatic heterocycles. The number of piperidine rings is 1. The van der Waals surface area contributed by atoms with Crippen molar-refractivity contribution < 1.29 is 10.0 Å². The van der Waals surface area contributed by atoms with Crippen molar-refractivity contribution in [2.45, 2.75) is 38.3 Å². The first-order valence-corrected chi connectivity index (χ1v) is 7.94. The SMILES string of the molecule is CC(NCCCN1CCC(O)CC1)c1ccc([N+](=O)[O-])cc1. The lowest BCUT2D eigenvalue weighted by molar-refractivity contribution is -0.384. The van der Waals surface area contributed by atoms with Gasteiger partial charge in [-0.2, -0.15) is 0 Å². The highest BCUT2D eigenvalue weighted by atomic mass is 16.6. The molecule has 6 nitrogen and oxygen atoms in total. The Kier molecular flexibility index (Phi) is 6.30. The van der Waals surface area contributed by atoms with E-state index in [1.54, 1.807) is 12.1 Å². The van der Waals surface area contributed by atoms with Crippen LogP contribution in [0.2, 0.25) is 0 Å². The fourth-order valence-electron chi connectivity index (χ4n) is 2.77. The van der Waals surface area contributed by atoms with Gasteiger partial charge < -0.3 is 15.3 Å². The van der Waals surface area contributed by atoms with E-state index in [9.17, 15) is 15.2 Å². The number of nitrogens with one attached hydrogen (secondary N) is 1. The van der Waals surface area contributed by atoms with Gasteiger partial charge in [0.2, 0.25) is 0 Å². The van der Waals surface area contributed by atoms with E-state index in [0.29, 0.717) is 0 Å². The summed E-state index contributed by atoms with van der Waals surface area (Å²) in [5.41, 5.74) is 1.19. The first kappa shape index (κ1) is 16.9. The number of rotatable bonds is 7. The molecule has 1 saturated heterocycles. The Morgan fingerprint density at radius 2 is 2.00 bits per heavy atom. The van der Waals surface area contributed by atoms with E-state index in [-0.39, 0.29) is 22.8 Å². The number of aliphatic hydroxyl groups excluding tert-OH is 1. The zero-order valence-corrected chi connectivity index (χ0v) is 13.1. The van der Waals surface area contributed by atoms with Crippen molar-refractivity contribution in [3.63, 3.8) is 0 Å². The summed E-state index contributed by atoms with van der Waals surface area (Å²) in [6, 6.07) is 6.90. The Morgan fingerprint density at radius 1 is 1.36 bits per heavy atom. The summed E-state index contributed by atoms with van der Waals surface area (Å²) in [5, 5.41) is 23.6. The molecule has 1 heterocycles. The molecule has 1 aliphatic rings. The first-order valence-electron chi connectivity index (χ1n) is 7.94. The van der Waals surface area contributed by atoms with Crippen molar-refractivity contribution >= 4 is 5.69 Å². The number of nitrogens with zero attached hydrogens (tertiary/aromatic N) is 2. The Balaban J connectivity index is 1.67. The van der Waals surface area contributed by atoms with Gasteiger partial charge in [0.05, 0.1) is 11.0 Å². The lowest BCUT2D eigenvalue weighted by Crippen LogP contribution is -2.37. The highest BCUT2D eigenvalue weighted by molar-refractivity contribution is 5.33. The molecule has 122 valence electrons. The van der Waals surface area contributed by atoms with E-state index < -0.39 is 0 Å². The zero-order chi connectivity index (χ0) is 15.9. The Bertz CT molecular complexity index is 470. The molecule has 2 rings (SSSR count). The first-order chi connectivity index (χ1) is 10.6. The van der Waals surface area contributed by atoms with Crippen LogP contribution in [0.15, 0.2) is 24.3 Å². The molecule has 6 heteroatoms. The minimum Gasteiger partial charge on any atom is -0.393 e. The van der Waals surface area contributed by atoms with Crippen molar-refractivity contribution in [3.05, 3.63) is 39.9 Å². The number of nitro benzene ring substituents is 1. The Hall–Kier alpha value is -1.50. The van der Waals surface area contributed by atoms with E-state index in [4.69, 9.17) is 0 Å². The molecule has 1 aromatic carbocycles. The van der Waals surface area contributed by atoms with Gasteiger partial charge in [-0.25, -0.2) is 0 Å². The van der Waals surface area contributed by atoms with Gasteiger partial charge in [-0.3, -0.25) is 10.1 Å². The lowest BCUT2D eigenvalue weighted by Gasteiger charge is -2.29. The van der Waals surface area contributed by atoms with Gasteiger partial charge in [0.25, 0.3) is 5.69 Å². The number of hydrogen-bond donors (Lipinski definition) is 2. The standard InChI is InChI=1S/C16H25N3O3/c1-13(14-3-5-15(6-4-14)19(21)22)17-9-2-10-18-11-7-16(20)8-12-18/h3-6,13,16-17,20H,2,7-12H2,1H3. The predicted molar refractivity (Wildman–Crippen MR) is 85.8 cm³/mol. The quantitative estimate of drug-likeness (QED) is 0.458. The van der Waals surface area contributed by atoms with Crippen molar-refractivity contribution in [2.75, 3.05) is 26.2 Å². The third-order valence-electron chi connectivity index (χ3n) is 4.26. The number of benzene rings is 1. The highest BCUT2D eigenvalue weighted by Crippen LogP contribution is 2.17. The van der Waals surface area contributed by atoms with Gasteiger partial charge in [0, 0.05) is 31.3 Å². The average molecular weight is 307 g/mol. The number of non-ortho nitro benzene ring substituents is 1. The molecule has 0 amide bonds. The summed E-state index contributed by atoms with van der Waals surface area (Å²) >= 11 is 0. The summed E-state index contributed by atoms with van der Waals surface area (Å²) in [7, 11) is 0.